The molecule has 0 bridgehead atoms. The first-order valence-corrected chi connectivity index (χ1v) is 11.6. The van der Waals surface area contributed by atoms with Gasteiger partial charge in [0, 0.05) is 29.1 Å². The highest BCUT2D eigenvalue weighted by atomic mass is 14.8. The summed E-state index contributed by atoms with van der Waals surface area (Å²) in [6.45, 7) is 14.3. The largest absolute Gasteiger partial charge is 0.256 e. The van der Waals surface area contributed by atoms with Gasteiger partial charge in [0.2, 0.25) is 0 Å². The predicted octanol–water partition coefficient (Wildman–Crippen LogP) is 7.47. The lowest BCUT2D eigenvalue weighted by atomic mass is 9.59. The van der Waals surface area contributed by atoms with Crippen molar-refractivity contribution in [2.75, 3.05) is 0 Å². The van der Waals surface area contributed by atoms with Gasteiger partial charge >= 0.3 is 0 Å². The van der Waals surface area contributed by atoms with Gasteiger partial charge < -0.3 is 0 Å². The van der Waals surface area contributed by atoms with Gasteiger partial charge in [-0.05, 0) is 51.1 Å². The third kappa shape index (κ3) is 3.13. The van der Waals surface area contributed by atoms with E-state index < -0.39 is 0 Å². The molecule has 0 saturated carbocycles. The molecule has 0 fully saturated rings. The van der Waals surface area contributed by atoms with Gasteiger partial charge in [-0.15, -0.1) is 0 Å². The van der Waals surface area contributed by atoms with Crippen molar-refractivity contribution in [1.29, 1.82) is 0 Å². The number of rotatable bonds is 3. The molecule has 0 unspecified atom stereocenters. The Morgan fingerprint density at radius 2 is 1.30 bits per heavy atom. The molecule has 0 saturated heterocycles. The Labute approximate surface area is 197 Å². The van der Waals surface area contributed by atoms with Crippen molar-refractivity contribution in [3.05, 3.63) is 90.5 Å². The summed E-state index contributed by atoms with van der Waals surface area (Å²) in [4.78, 5) is 13.7. The van der Waals surface area contributed by atoms with Crippen molar-refractivity contribution in [3.8, 4) is 33.6 Å². The van der Waals surface area contributed by atoms with E-state index in [1.165, 1.54) is 11.1 Å². The van der Waals surface area contributed by atoms with E-state index in [9.17, 15) is 0 Å². The quantitative estimate of drug-likeness (QED) is 0.336. The number of nitrogens with zero attached hydrogens (tertiary/aromatic N) is 3. The maximum Gasteiger partial charge on any atom is 0.116 e. The highest BCUT2D eigenvalue weighted by Crippen LogP contribution is 2.61. The summed E-state index contributed by atoms with van der Waals surface area (Å²) in [5, 5.41) is 0. The van der Waals surface area contributed by atoms with Crippen LogP contribution in [0.4, 0.5) is 0 Å². The molecule has 0 radical (unpaired) electrons. The van der Waals surface area contributed by atoms with Crippen LogP contribution >= 0.6 is 0 Å². The second kappa shape index (κ2) is 7.34. The smallest absolute Gasteiger partial charge is 0.116 e. The lowest BCUT2D eigenvalue weighted by Gasteiger charge is -2.44. The fourth-order valence-corrected chi connectivity index (χ4v) is 5.31. The van der Waals surface area contributed by atoms with E-state index in [1.54, 1.807) is 6.33 Å². The summed E-state index contributed by atoms with van der Waals surface area (Å²) >= 11 is 0. The molecule has 3 heteroatoms. The van der Waals surface area contributed by atoms with Gasteiger partial charge in [-0.3, -0.25) is 4.98 Å². The second-order valence-electron chi connectivity index (χ2n) is 10.7. The van der Waals surface area contributed by atoms with Gasteiger partial charge in [0.05, 0.1) is 11.4 Å². The van der Waals surface area contributed by atoms with Crippen LogP contribution in [-0.4, -0.2) is 15.0 Å². The van der Waals surface area contributed by atoms with E-state index in [2.05, 4.69) is 94.0 Å². The van der Waals surface area contributed by atoms with Crippen molar-refractivity contribution in [1.82, 2.24) is 15.0 Å². The van der Waals surface area contributed by atoms with E-state index >= 15 is 0 Å². The number of benzene rings is 2. The van der Waals surface area contributed by atoms with Crippen molar-refractivity contribution < 1.29 is 0 Å². The summed E-state index contributed by atoms with van der Waals surface area (Å²) < 4.78 is 0. The Kier molecular flexibility index (Phi) is 4.79. The molecule has 0 spiro atoms. The van der Waals surface area contributed by atoms with Crippen LogP contribution in [0.25, 0.3) is 33.6 Å². The Morgan fingerprint density at radius 3 is 2.00 bits per heavy atom. The SMILES string of the molecule is CC1(C)c2ccc(-c3ccc(-c4ncncc4-c4ccccc4)cn3)cc2C(C)(C)C1(C)C. The minimum Gasteiger partial charge on any atom is -0.256 e. The maximum atomic E-state index is 4.85. The molecule has 0 N–H and O–H groups in total. The van der Waals surface area contributed by atoms with E-state index in [-0.39, 0.29) is 16.2 Å². The van der Waals surface area contributed by atoms with Crippen LogP contribution in [0, 0.1) is 5.41 Å². The summed E-state index contributed by atoms with van der Waals surface area (Å²) in [7, 11) is 0. The summed E-state index contributed by atoms with van der Waals surface area (Å²) in [5.74, 6) is 0. The first-order valence-electron chi connectivity index (χ1n) is 11.6. The lowest BCUT2D eigenvalue weighted by molar-refractivity contribution is 0.125. The molecule has 0 aliphatic heterocycles. The van der Waals surface area contributed by atoms with E-state index in [4.69, 9.17) is 4.98 Å². The van der Waals surface area contributed by atoms with Gasteiger partial charge in [-0.2, -0.15) is 0 Å². The fourth-order valence-electron chi connectivity index (χ4n) is 5.31. The molecule has 2 aromatic heterocycles. The zero-order chi connectivity index (χ0) is 23.4. The second-order valence-corrected chi connectivity index (χ2v) is 10.7. The van der Waals surface area contributed by atoms with Crippen LogP contribution in [0.3, 0.4) is 0 Å². The molecule has 33 heavy (non-hydrogen) atoms. The minimum absolute atomic E-state index is 0.0767. The molecular weight excluding hydrogens is 402 g/mol. The van der Waals surface area contributed by atoms with Crippen molar-refractivity contribution in [2.45, 2.75) is 52.4 Å². The molecule has 2 heterocycles. The number of hydrogen-bond donors (Lipinski definition) is 0. The average molecular weight is 434 g/mol. The van der Waals surface area contributed by atoms with Crippen LogP contribution in [0.2, 0.25) is 0 Å². The van der Waals surface area contributed by atoms with E-state index in [0.717, 1.165) is 33.6 Å². The van der Waals surface area contributed by atoms with Gasteiger partial charge in [0.25, 0.3) is 0 Å². The van der Waals surface area contributed by atoms with Crippen molar-refractivity contribution in [2.24, 2.45) is 5.41 Å². The van der Waals surface area contributed by atoms with Gasteiger partial charge in [-0.1, -0.05) is 84.0 Å². The number of fused-ring (bicyclic) bond motifs is 1. The fraction of sp³-hybridized carbons (Fsp3) is 0.300. The summed E-state index contributed by atoms with van der Waals surface area (Å²) in [6.07, 6.45) is 5.40. The molecule has 1 aliphatic rings. The Hall–Kier alpha value is -3.33. The third-order valence-corrected chi connectivity index (χ3v) is 8.62. The molecule has 0 atom stereocenters. The number of aromatic nitrogens is 3. The third-order valence-electron chi connectivity index (χ3n) is 8.62. The van der Waals surface area contributed by atoms with Crippen molar-refractivity contribution in [3.63, 3.8) is 0 Å². The van der Waals surface area contributed by atoms with Crippen LogP contribution in [0.5, 0.6) is 0 Å². The first kappa shape index (κ1) is 21.5. The Bertz CT molecular complexity index is 1320. The molecule has 3 nitrogen and oxygen atoms in total. The van der Waals surface area contributed by atoms with E-state index in [0.29, 0.717) is 0 Å². The Morgan fingerprint density at radius 1 is 0.606 bits per heavy atom. The van der Waals surface area contributed by atoms with Crippen LogP contribution in [0.1, 0.15) is 52.7 Å². The monoisotopic (exact) mass is 433 g/mol. The van der Waals surface area contributed by atoms with Crippen LogP contribution in [0.15, 0.2) is 79.4 Å². The molecule has 2 aromatic carbocycles. The topological polar surface area (TPSA) is 38.7 Å². The van der Waals surface area contributed by atoms with Crippen LogP contribution in [-0.2, 0) is 10.8 Å². The first-order chi connectivity index (χ1) is 15.6. The molecule has 166 valence electrons. The standard InChI is InChI=1S/C30H31N3/c1-28(2)24-14-12-21(16-25(24)29(3,4)30(28,5)6)26-15-13-22(17-32-26)27-23(18-31-19-33-27)20-10-8-7-9-11-20/h7-19H,1-6H3. The normalized spacial score (nSPS) is 17.5. The maximum absolute atomic E-state index is 4.85. The highest BCUT2D eigenvalue weighted by molar-refractivity contribution is 5.80. The number of pyridine rings is 1. The number of hydrogen-bond acceptors (Lipinski definition) is 3. The molecule has 5 rings (SSSR count). The van der Waals surface area contributed by atoms with Gasteiger partial charge in [0.1, 0.15) is 6.33 Å². The lowest BCUT2D eigenvalue weighted by Crippen LogP contribution is -2.42. The highest BCUT2D eigenvalue weighted by Gasteiger charge is 2.56. The zero-order valence-corrected chi connectivity index (χ0v) is 20.3. The van der Waals surface area contributed by atoms with Gasteiger partial charge in [0.15, 0.2) is 0 Å². The zero-order valence-electron chi connectivity index (χ0n) is 20.3. The minimum atomic E-state index is 0.0767. The summed E-state index contributed by atoms with van der Waals surface area (Å²) in [6, 6.07) is 21.4. The Balaban J connectivity index is 1.54. The summed E-state index contributed by atoms with van der Waals surface area (Å²) in [5.41, 5.74) is 9.37. The van der Waals surface area contributed by atoms with Gasteiger partial charge in [-0.25, -0.2) is 9.97 Å². The van der Waals surface area contributed by atoms with Crippen molar-refractivity contribution >= 4 is 0 Å². The molecular formula is C30H31N3. The molecule has 0 amide bonds. The van der Waals surface area contributed by atoms with Crippen LogP contribution < -0.4 is 0 Å². The molecule has 4 aromatic rings. The average Bonchev–Trinajstić information content (AvgIpc) is 2.94. The predicted molar refractivity (Wildman–Crippen MR) is 136 cm³/mol. The molecule has 1 aliphatic carbocycles. The van der Waals surface area contributed by atoms with E-state index in [1.807, 2.05) is 30.6 Å².